The minimum atomic E-state index is -0.806. The van der Waals surface area contributed by atoms with Gasteiger partial charge in [0, 0.05) is 31.8 Å². The molecule has 0 amide bonds. The summed E-state index contributed by atoms with van der Waals surface area (Å²) in [7, 11) is 0. The predicted molar refractivity (Wildman–Crippen MR) is 51.3 cm³/mol. The summed E-state index contributed by atoms with van der Waals surface area (Å²) in [5.41, 5.74) is 5.38. The van der Waals surface area contributed by atoms with E-state index in [9.17, 15) is 5.11 Å². The molecule has 0 aromatic heterocycles. The molecule has 11 heavy (non-hydrogen) atoms. The van der Waals surface area contributed by atoms with E-state index >= 15 is 0 Å². The highest BCUT2D eigenvalue weighted by Crippen LogP contribution is 2.25. The van der Waals surface area contributed by atoms with Crippen molar-refractivity contribution in [2.75, 3.05) is 13.2 Å². The first-order valence-electron chi connectivity index (χ1n) is 3.55. The maximum Gasteiger partial charge on any atom is 0.109 e. The molecule has 0 aliphatic carbocycles. The van der Waals surface area contributed by atoms with E-state index in [1.165, 1.54) is 0 Å². The van der Waals surface area contributed by atoms with Crippen LogP contribution in [-0.4, -0.2) is 23.9 Å². The van der Waals surface area contributed by atoms with E-state index in [1.54, 1.807) is 4.08 Å². The predicted octanol–water partition coefficient (Wildman–Crippen LogP) is 0.763. The largest absolute Gasteiger partial charge is 0.399 e. The van der Waals surface area contributed by atoms with Gasteiger partial charge in [0.25, 0.3) is 0 Å². The monoisotopic (exact) mass is 269 g/mol. The van der Waals surface area contributed by atoms with Crippen LogP contribution >= 0.6 is 22.6 Å². The Bertz CT molecular complexity index is 164. The van der Waals surface area contributed by atoms with E-state index in [4.69, 9.17) is 10.5 Å². The second-order valence-electron chi connectivity index (χ2n) is 2.71. The van der Waals surface area contributed by atoms with Crippen molar-refractivity contribution in [1.82, 2.24) is 0 Å². The molecule has 0 bridgehead atoms. The van der Waals surface area contributed by atoms with E-state index in [0.717, 1.165) is 0 Å². The van der Waals surface area contributed by atoms with Crippen molar-refractivity contribution in [2.24, 2.45) is 5.73 Å². The molecule has 3 nitrogen and oxygen atoms in total. The average Bonchev–Trinajstić information content (AvgIpc) is 2.04. The summed E-state index contributed by atoms with van der Waals surface area (Å²) >= 11 is 2.04. The zero-order chi connectivity index (χ0) is 8.32. The van der Waals surface area contributed by atoms with Crippen LogP contribution in [0.25, 0.3) is 0 Å². The Labute approximate surface area is 79.7 Å². The number of ether oxygens (including phenoxy) is 1. The normalized spacial score (nSPS) is 25.1. The van der Waals surface area contributed by atoms with E-state index in [1.807, 2.05) is 22.6 Å². The van der Waals surface area contributed by atoms with Crippen LogP contribution in [0.15, 0.2) is 9.78 Å². The molecular weight excluding hydrogens is 257 g/mol. The molecule has 0 aromatic carbocycles. The van der Waals surface area contributed by atoms with Gasteiger partial charge in [-0.3, -0.25) is 0 Å². The van der Waals surface area contributed by atoms with Crippen molar-refractivity contribution in [3.63, 3.8) is 0 Å². The number of rotatable bonds is 1. The van der Waals surface area contributed by atoms with Gasteiger partial charge in [0.15, 0.2) is 0 Å². The highest BCUT2D eigenvalue weighted by Gasteiger charge is 2.31. The molecule has 64 valence electrons. The average molecular weight is 269 g/mol. The molecule has 0 radical (unpaired) electrons. The van der Waals surface area contributed by atoms with Crippen molar-refractivity contribution in [3.05, 3.63) is 9.78 Å². The molecule has 0 spiro atoms. The number of nitrogens with two attached hydrogens (primary N) is 1. The first-order valence-corrected chi connectivity index (χ1v) is 4.80. The third kappa shape index (κ3) is 2.07. The Morgan fingerprint density at radius 3 is 2.55 bits per heavy atom. The van der Waals surface area contributed by atoms with Gasteiger partial charge in [-0.1, -0.05) is 22.6 Å². The summed E-state index contributed by atoms with van der Waals surface area (Å²) in [6.07, 6.45) is 1.22. The van der Waals surface area contributed by atoms with Crippen LogP contribution in [0.3, 0.4) is 0 Å². The lowest BCUT2D eigenvalue weighted by atomic mass is 9.92. The summed E-state index contributed by atoms with van der Waals surface area (Å²) < 4.78 is 6.84. The SMILES string of the molecule is N/C(=C/I)C1(O)CCOCC1. The van der Waals surface area contributed by atoms with Gasteiger partial charge in [0.1, 0.15) is 5.60 Å². The Morgan fingerprint density at radius 1 is 1.55 bits per heavy atom. The molecule has 1 aliphatic rings. The van der Waals surface area contributed by atoms with Crippen LogP contribution in [0.2, 0.25) is 0 Å². The standard InChI is InChI=1S/C7H12INO2/c8-5-6(9)7(10)1-3-11-4-2-7/h5,10H,1-4,9H2/b6-5+. The fraction of sp³-hybridized carbons (Fsp3) is 0.714. The maximum absolute atomic E-state index is 9.86. The summed E-state index contributed by atoms with van der Waals surface area (Å²) in [6.45, 7) is 1.20. The maximum atomic E-state index is 9.86. The first kappa shape index (κ1) is 9.28. The molecule has 3 N–H and O–H groups in total. The van der Waals surface area contributed by atoms with Crippen LogP contribution in [0, 0.1) is 0 Å². The third-order valence-electron chi connectivity index (χ3n) is 1.97. The van der Waals surface area contributed by atoms with Crippen LogP contribution in [0.1, 0.15) is 12.8 Å². The fourth-order valence-corrected chi connectivity index (χ4v) is 1.68. The number of hydrogen-bond acceptors (Lipinski definition) is 3. The van der Waals surface area contributed by atoms with Gasteiger partial charge in [0.05, 0.1) is 0 Å². The van der Waals surface area contributed by atoms with E-state index in [0.29, 0.717) is 31.8 Å². The van der Waals surface area contributed by atoms with Gasteiger partial charge in [-0.15, -0.1) is 0 Å². The Hall–Kier alpha value is 0.190. The van der Waals surface area contributed by atoms with Crippen molar-refractivity contribution in [2.45, 2.75) is 18.4 Å². The van der Waals surface area contributed by atoms with Crippen LogP contribution in [-0.2, 0) is 4.74 Å². The van der Waals surface area contributed by atoms with Gasteiger partial charge >= 0.3 is 0 Å². The molecule has 1 heterocycles. The zero-order valence-corrected chi connectivity index (χ0v) is 8.37. The first-order chi connectivity index (χ1) is 5.19. The number of hydrogen-bond donors (Lipinski definition) is 2. The molecule has 0 atom stereocenters. The molecule has 0 aromatic rings. The van der Waals surface area contributed by atoms with Gasteiger partial charge in [-0.05, 0) is 4.08 Å². The second-order valence-corrected chi connectivity index (χ2v) is 3.33. The van der Waals surface area contributed by atoms with Gasteiger partial charge in [0.2, 0.25) is 0 Å². The molecule has 1 saturated heterocycles. The van der Waals surface area contributed by atoms with Crippen molar-refractivity contribution >= 4 is 22.6 Å². The molecule has 1 fully saturated rings. The van der Waals surface area contributed by atoms with Gasteiger partial charge < -0.3 is 15.6 Å². The number of aliphatic hydroxyl groups is 1. The highest BCUT2D eigenvalue weighted by atomic mass is 127. The summed E-state index contributed by atoms with van der Waals surface area (Å²) in [4.78, 5) is 0. The van der Waals surface area contributed by atoms with Crippen LogP contribution in [0.4, 0.5) is 0 Å². The van der Waals surface area contributed by atoms with Gasteiger partial charge in [-0.2, -0.15) is 0 Å². The minimum absolute atomic E-state index is 0.557. The molecule has 0 saturated carbocycles. The van der Waals surface area contributed by atoms with Crippen LogP contribution < -0.4 is 5.73 Å². The van der Waals surface area contributed by atoms with E-state index in [-0.39, 0.29) is 0 Å². The fourth-order valence-electron chi connectivity index (χ4n) is 1.10. The Kier molecular flexibility index (Phi) is 3.15. The second kappa shape index (κ2) is 3.73. The van der Waals surface area contributed by atoms with Gasteiger partial charge in [-0.25, -0.2) is 0 Å². The molecule has 4 heteroatoms. The van der Waals surface area contributed by atoms with E-state index < -0.39 is 5.60 Å². The highest BCUT2D eigenvalue weighted by molar-refractivity contribution is 14.1. The minimum Gasteiger partial charge on any atom is -0.399 e. The zero-order valence-electron chi connectivity index (χ0n) is 6.22. The number of halogens is 1. The van der Waals surface area contributed by atoms with Crippen LogP contribution in [0.5, 0.6) is 0 Å². The molecule has 0 unspecified atom stereocenters. The van der Waals surface area contributed by atoms with Crippen molar-refractivity contribution in [1.29, 1.82) is 0 Å². The Balaban J connectivity index is 2.64. The topological polar surface area (TPSA) is 55.5 Å². The lowest BCUT2D eigenvalue weighted by molar-refractivity contribution is -0.0399. The third-order valence-corrected chi connectivity index (χ3v) is 2.65. The van der Waals surface area contributed by atoms with E-state index in [2.05, 4.69) is 0 Å². The molecular formula is C7H12INO2. The lowest BCUT2D eigenvalue weighted by Gasteiger charge is -2.32. The quantitative estimate of drug-likeness (QED) is 0.691. The summed E-state index contributed by atoms with van der Waals surface area (Å²) in [5.74, 6) is 0. The Morgan fingerprint density at radius 2 is 2.09 bits per heavy atom. The molecule has 1 rings (SSSR count). The van der Waals surface area contributed by atoms with Crippen molar-refractivity contribution in [3.8, 4) is 0 Å². The molecule has 1 aliphatic heterocycles. The van der Waals surface area contributed by atoms with Crippen molar-refractivity contribution < 1.29 is 9.84 Å². The lowest BCUT2D eigenvalue weighted by Crippen LogP contribution is -2.40. The smallest absolute Gasteiger partial charge is 0.109 e. The summed E-state index contributed by atoms with van der Waals surface area (Å²) in [6, 6.07) is 0. The summed E-state index contributed by atoms with van der Waals surface area (Å²) in [5, 5.41) is 9.86.